The second kappa shape index (κ2) is 6.52. The monoisotopic (exact) mass is 413 g/mol. The van der Waals surface area contributed by atoms with Crippen molar-refractivity contribution < 1.29 is 9.72 Å². The quantitative estimate of drug-likeness (QED) is 0.605. The predicted molar refractivity (Wildman–Crippen MR) is 110 cm³/mol. The van der Waals surface area contributed by atoms with Crippen LogP contribution < -0.4 is 5.32 Å². The second-order valence-electron chi connectivity index (χ2n) is 10.9. The molecule has 2 atom stereocenters. The average Bonchev–Trinajstić information content (AvgIpc) is 3.20. The van der Waals surface area contributed by atoms with E-state index < -0.39 is 4.92 Å². The van der Waals surface area contributed by atoms with E-state index in [1.54, 1.807) is 6.20 Å². The summed E-state index contributed by atoms with van der Waals surface area (Å²) in [4.78, 5) is 26.9. The fourth-order valence-electron chi connectivity index (χ4n) is 8.03. The van der Waals surface area contributed by atoms with Crippen molar-refractivity contribution in [1.82, 2.24) is 20.0 Å². The first-order valence-electron chi connectivity index (χ1n) is 11.7. The van der Waals surface area contributed by atoms with Crippen LogP contribution in [0.25, 0.3) is 0 Å². The highest BCUT2D eigenvalue weighted by atomic mass is 16.6. The van der Waals surface area contributed by atoms with Crippen LogP contribution in [-0.2, 0) is 5.54 Å². The van der Waals surface area contributed by atoms with Gasteiger partial charge in [0.15, 0.2) is 0 Å². The SMILES string of the molecule is CN1C2CCC1CC(NC(=O)c1nn(C34CC5CC(CC(C5)C3)C4)cc1[N+](=O)[O-])C2. The third kappa shape index (κ3) is 2.82. The highest BCUT2D eigenvalue weighted by molar-refractivity contribution is 5.96. The Kier molecular flexibility index (Phi) is 4.08. The number of nitro groups is 1. The third-order valence-electron chi connectivity index (χ3n) is 9.03. The number of rotatable bonds is 4. The van der Waals surface area contributed by atoms with Crippen LogP contribution in [0.2, 0.25) is 0 Å². The van der Waals surface area contributed by atoms with Crippen LogP contribution in [0.5, 0.6) is 0 Å². The van der Waals surface area contributed by atoms with E-state index in [2.05, 4.69) is 22.4 Å². The van der Waals surface area contributed by atoms with E-state index in [9.17, 15) is 14.9 Å². The largest absolute Gasteiger partial charge is 0.348 e. The van der Waals surface area contributed by atoms with Gasteiger partial charge in [-0.2, -0.15) is 5.10 Å². The number of nitrogens with one attached hydrogen (secondary N) is 1. The van der Waals surface area contributed by atoms with Crippen molar-refractivity contribution in [3.63, 3.8) is 0 Å². The van der Waals surface area contributed by atoms with Crippen molar-refractivity contribution in [3.05, 3.63) is 22.0 Å². The van der Waals surface area contributed by atoms with Crippen LogP contribution >= 0.6 is 0 Å². The van der Waals surface area contributed by atoms with Gasteiger partial charge in [-0.15, -0.1) is 0 Å². The molecular weight excluding hydrogens is 382 g/mol. The number of piperidine rings is 1. The molecule has 7 rings (SSSR count). The molecule has 1 N–H and O–H groups in total. The fourth-order valence-corrected chi connectivity index (χ4v) is 8.03. The molecule has 4 saturated carbocycles. The van der Waals surface area contributed by atoms with Gasteiger partial charge in [0.2, 0.25) is 5.69 Å². The van der Waals surface area contributed by atoms with E-state index in [0.29, 0.717) is 29.8 Å². The molecule has 0 radical (unpaired) electrons. The molecule has 6 aliphatic rings. The van der Waals surface area contributed by atoms with Gasteiger partial charge < -0.3 is 10.2 Å². The predicted octanol–water partition coefficient (Wildman–Crippen LogP) is 3.07. The summed E-state index contributed by atoms with van der Waals surface area (Å²) in [5, 5.41) is 19.5. The van der Waals surface area contributed by atoms with Crippen molar-refractivity contribution in [2.24, 2.45) is 17.8 Å². The van der Waals surface area contributed by atoms with Gasteiger partial charge in [0.1, 0.15) is 6.20 Å². The Morgan fingerprint density at radius 1 is 1.10 bits per heavy atom. The van der Waals surface area contributed by atoms with E-state index in [0.717, 1.165) is 32.1 Å². The summed E-state index contributed by atoms with van der Waals surface area (Å²) in [6.45, 7) is 0. The smallest absolute Gasteiger partial charge is 0.320 e. The van der Waals surface area contributed by atoms with E-state index >= 15 is 0 Å². The van der Waals surface area contributed by atoms with E-state index in [1.807, 2.05) is 4.68 Å². The summed E-state index contributed by atoms with van der Waals surface area (Å²) in [7, 11) is 2.17. The molecule has 1 aromatic heterocycles. The van der Waals surface area contributed by atoms with Crippen molar-refractivity contribution in [1.29, 1.82) is 0 Å². The Hall–Kier alpha value is -1.96. The molecule has 2 aliphatic heterocycles. The zero-order valence-electron chi connectivity index (χ0n) is 17.6. The third-order valence-corrected chi connectivity index (χ3v) is 9.03. The van der Waals surface area contributed by atoms with Gasteiger partial charge in [-0.1, -0.05) is 0 Å². The summed E-state index contributed by atoms with van der Waals surface area (Å²) in [5.74, 6) is 1.77. The van der Waals surface area contributed by atoms with Crippen molar-refractivity contribution >= 4 is 11.6 Å². The molecule has 0 spiro atoms. The molecule has 2 saturated heterocycles. The van der Waals surface area contributed by atoms with E-state index in [1.165, 1.54) is 32.1 Å². The van der Waals surface area contributed by atoms with Crippen molar-refractivity contribution in [3.8, 4) is 0 Å². The fraction of sp³-hybridized carbons (Fsp3) is 0.818. The molecule has 2 unspecified atom stereocenters. The minimum absolute atomic E-state index is 0.00187. The summed E-state index contributed by atoms with van der Waals surface area (Å²) in [6, 6.07) is 1.10. The molecule has 0 aromatic carbocycles. The van der Waals surface area contributed by atoms with Crippen molar-refractivity contribution in [2.45, 2.75) is 87.9 Å². The summed E-state index contributed by atoms with van der Waals surface area (Å²) < 4.78 is 1.84. The Bertz CT molecular complexity index is 846. The van der Waals surface area contributed by atoms with E-state index in [-0.39, 0.29) is 28.9 Å². The van der Waals surface area contributed by atoms with Crippen LogP contribution in [0.3, 0.4) is 0 Å². The maximum Gasteiger partial charge on any atom is 0.320 e. The van der Waals surface area contributed by atoms with Gasteiger partial charge >= 0.3 is 5.69 Å². The molecule has 1 amide bonds. The molecule has 8 nitrogen and oxygen atoms in total. The lowest BCUT2D eigenvalue weighted by Crippen LogP contribution is -2.52. The average molecular weight is 414 g/mol. The standard InChI is InChI=1S/C22H31N5O3/c1-25-17-2-3-18(25)8-16(7-17)23-21(28)20-19(27(29)30)12-26(24-20)22-9-13-4-14(10-22)6-15(5-13)11-22/h12-18H,2-11H2,1H3,(H,23,28). The number of hydrogen-bond acceptors (Lipinski definition) is 5. The number of nitrogens with zero attached hydrogens (tertiary/aromatic N) is 4. The number of fused-ring (bicyclic) bond motifs is 2. The Morgan fingerprint density at radius 3 is 2.20 bits per heavy atom. The lowest BCUT2D eigenvalue weighted by Gasteiger charge is -2.56. The van der Waals surface area contributed by atoms with Crippen LogP contribution in [0.4, 0.5) is 5.69 Å². The Balaban J connectivity index is 1.26. The number of aromatic nitrogens is 2. The maximum atomic E-state index is 13.1. The molecular formula is C22H31N5O3. The Morgan fingerprint density at radius 2 is 1.67 bits per heavy atom. The first-order valence-corrected chi connectivity index (χ1v) is 11.7. The number of hydrogen-bond donors (Lipinski definition) is 1. The molecule has 162 valence electrons. The number of amides is 1. The molecule has 8 heteroatoms. The molecule has 6 bridgehead atoms. The molecule has 30 heavy (non-hydrogen) atoms. The second-order valence-corrected chi connectivity index (χ2v) is 10.9. The number of carbonyl (C=O) groups is 1. The highest BCUT2D eigenvalue weighted by Crippen LogP contribution is 2.58. The van der Waals surface area contributed by atoms with Crippen LogP contribution in [0.15, 0.2) is 6.20 Å². The molecule has 1 aromatic rings. The first kappa shape index (κ1) is 18.8. The maximum absolute atomic E-state index is 13.1. The van der Waals surface area contributed by atoms with Gasteiger partial charge in [-0.05, 0) is 89.0 Å². The summed E-state index contributed by atoms with van der Waals surface area (Å²) in [6.07, 6.45) is 12.8. The van der Waals surface area contributed by atoms with Gasteiger partial charge in [-0.3, -0.25) is 19.6 Å². The molecule has 4 aliphatic carbocycles. The summed E-state index contributed by atoms with van der Waals surface area (Å²) >= 11 is 0. The van der Waals surface area contributed by atoms with Gasteiger partial charge in [0.25, 0.3) is 5.91 Å². The zero-order chi connectivity index (χ0) is 20.6. The minimum atomic E-state index is -0.433. The topological polar surface area (TPSA) is 93.3 Å². The van der Waals surface area contributed by atoms with Crippen molar-refractivity contribution in [2.75, 3.05) is 7.05 Å². The molecule has 6 fully saturated rings. The van der Waals surface area contributed by atoms with Gasteiger partial charge in [0, 0.05) is 18.1 Å². The zero-order valence-corrected chi connectivity index (χ0v) is 17.6. The highest BCUT2D eigenvalue weighted by Gasteiger charge is 2.53. The van der Waals surface area contributed by atoms with Crippen LogP contribution in [-0.4, -0.2) is 50.7 Å². The van der Waals surface area contributed by atoms with Gasteiger partial charge in [-0.25, -0.2) is 0 Å². The van der Waals surface area contributed by atoms with Crippen LogP contribution in [0.1, 0.15) is 74.7 Å². The first-order chi connectivity index (χ1) is 14.4. The lowest BCUT2D eigenvalue weighted by molar-refractivity contribution is -0.385. The van der Waals surface area contributed by atoms with Crippen LogP contribution in [0, 0.1) is 27.9 Å². The summed E-state index contributed by atoms with van der Waals surface area (Å²) in [5.41, 5.74) is -0.258. The van der Waals surface area contributed by atoms with Gasteiger partial charge in [0.05, 0.1) is 10.5 Å². The Labute approximate surface area is 176 Å². The van der Waals surface area contributed by atoms with E-state index in [4.69, 9.17) is 0 Å². The minimum Gasteiger partial charge on any atom is -0.348 e. The normalized spacial score (nSPS) is 41.9. The lowest BCUT2D eigenvalue weighted by atomic mass is 9.53. The number of carbonyl (C=O) groups excluding carboxylic acids is 1. The molecule has 3 heterocycles.